The van der Waals surface area contributed by atoms with E-state index in [1.807, 2.05) is 5.92 Å². The van der Waals surface area contributed by atoms with E-state index in [-0.39, 0.29) is 22.8 Å². The second kappa shape index (κ2) is 7.23. The Balaban J connectivity index is 2.07. The summed E-state index contributed by atoms with van der Waals surface area (Å²) in [6.07, 6.45) is 4.37. The topological polar surface area (TPSA) is 159 Å². The molecule has 6 N–H and O–H groups in total. The van der Waals surface area contributed by atoms with Gasteiger partial charge in [0, 0.05) is 6.20 Å². The van der Waals surface area contributed by atoms with Crippen molar-refractivity contribution in [3.8, 4) is 12.3 Å². The number of hydrogen-bond acceptors (Lipinski definition) is 9. The molecule has 0 saturated carbocycles. The summed E-state index contributed by atoms with van der Waals surface area (Å²) >= 11 is 0. The molecule has 1 saturated heterocycles. The zero-order chi connectivity index (χ0) is 21.6. The van der Waals surface area contributed by atoms with Gasteiger partial charge in [-0.05, 0) is 12.0 Å². The number of halogens is 1. The summed E-state index contributed by atoms with van der Waals surface area (Å²) in [6.45, 7) is 2.08. The molecule has 2 aromatic rings. The molecule has 1 fully saturated rings. The van der Waals surface area contributed by atoms with E-state index in [9.17, 15) is 15.0 Å². The fraction of sp³-hybridized carbons (Fsp3) is 0.500. The Morgan fingerprint density at radius 3 is 2.83 bits per heavy atom. The smallest absolute Gasteiger partial charge is 0.323 e. The van der Waals surface area contributed by atoms with Gasteiger partial charge in [-0.1, -0.05) is 19.8 Å². The first-order valence-electron chi connectivity index (χ1n) is 8.80. The third kappa shape index (κ3) is 3.20. The summed E-state index contributed by atoms with van der Waals surface area (Å²) in [5.74, 6) is -2.31. The molecule has 2 aromatic heterocycles. The van der Waals surface area contributed by atoms with E-state index in [1.54, 1.807) is 13.8 Å². The number of carbonyl (C=O) groups excluding carboxylic acids is 1. The lowest BCUT2D eigenvalue weighted by molar-refractivity contribution is -0.218. The molecule has 0 spiro atoms. The number of nitrogens with two attached hydrogens (primary N) is 2. The second-order valence-corrected chi connectivity index (χ2v) is 7.20. The molecule has 0 radical (unpaired) electrons. The van der Waals surface area contributed by atoms with Crippen LogP contribution in [0.5, 0.6) is 0 Å². The van der Waals surface area contributed by atoms with Gasteiger partial charge in [-0.2, -0.15) is 0 Å². The third-order valence-corrected chi connectivity index (χ3v) is 4.89. The maximum atomic E-state index is 15.4. The summed E-state index contributed by atoms with van der Waals surface area (Å²) in [5, 5.41) is 20.7. The van der Waals surface area contributed by atoms with Gasteiger partial charge >= 0.3 is 5.97 Å². The monoisotopic (exact) mass is 407 g/mol. The van der Waals surface area contributed by atoms with Gasteiger partial charge in [0.15, 0.2) is 11.9 Å². The summed E-state index contributed by atoms with van der Waals surface area (Å²) in [5.41, 5.74) is 9.79. The lowest BCUT2D eigenvalue weighted by Gasteiger charge is -2.30. The molecule has 1 aliphatic rings. The molecule has 0 amide bonds. The van der Waals surface area contributed by atoms with Crippen molar-refractivity contribution < 1.29 is 28.9 Å². The molecule has 0 aliphatic carbocycles. The molecule has 1 unspecified atom stereocenters. The molecule has 0 bridgehead atoms. The summed E-state index contributed by atoms with van der Waals surface area (Å²) in [6, 6.07) is 0.405. The van der Waals surface area contributed by atoms with Crippen LogP contribution >= 0.6 is 0 Å². The lowest BCUT2D eigenvalue weighted by Crippen LogP contribution is -2.54. The third-order valence-electron chi connectivity index (χ3n) is 4.89. The van der Waals surface area contributed by atoms with Crippen LogP contribution in [0.15, 0.2) is 18.6 Å². The Kier molecular flexibility index (Phi) is 5.22. The Morgan fingerprint density at radius 1 is 1.55 bits per heavy atom. The van der Waals surface area contributed by atoms with Gasteiger partial charge in [0.1, 0.15) is 18.2 Å². The van der Waals surface area contributed by atoms with E-state index in [0.717, 1.165) is 4.57 Å². The number of alkyl halides is 1. The fourth-order valence-corrected chi connectivity index (χ4v) is 3.10. The van der Waals surface area contributed by atoms with Crippen molar-refractivity contribution in [2.45, 2.75) is 43.7 Å². The molecule has 3 heterocycles. The maximum absolute atomic E-state index is 15.4. The molecular formula is C18H22FN5O5. The molecule has 3 rings (SSSR count). The quantitative estimate of drug-likeness (QED) is 0.377. The number of rotatable bonds is 5. The highest BCUT2D eigenvalue weighted by molar-refractivity contribution is 5.83. The first-order valence-corrected chi connectivity index (χ1v) is 8.80. The zero-order valence-corrected chi connectivity index (χ0v) is 15.8. The highest BCUT2D eigenvalue weighted by Gasteiger charge is 2.67. The van der Waals surface area contributed by atoms with Crippen LogP contribution in [0.2, 0.25) is 0 Å². The highest BCUT2D eigenvalue weighted by atomic mass is 19.2. The molecule has 156 valence electrons. The van der Waals surface area contributed by atoms with Crippen LogP contribution in [0.4, 0.5) is 10.1 Å². The maximum Gasteiger partial charge on any atom is 0.323 e. The molecule has 11 heteroatoms. The number of ether oxygens (including phenoxy) is 2. The molecule has 0 aromatic carbocycles. The average Bonchev–Trinajstić information content (AvgIpc) is 3.21. The van der Waals surface area contributed by atoms with Crippen molar-refractivity contribution in [3.05, 3.63) is 18.6 Å². The standard InChI is InChI=1S/C18H22FN5O5/c1-4-17(27)15(28-14(26)11(21)9(2)3)18(19,7-25)29-16(17)24-8-23-12-10(20)5-6-22-13(12)24/h1,5-6,8-9,11,15-16,25,27H,7,21H2,2-3H3,(H2,20,22)/t11?,15-,16+,17+,18+/m0/s1. The van der Waals surface area contributed by atoms with E-state index < -0.39 is 42.4 Å². The van der Waals surface area contributed by atoms with E-state index in [1.165, 1.54) is 18.6 Å². The number of aromatic nitrogens is 3. The summed E-state index contributed by atoms with van der Waals surface area (Å²) < 4.78 is 27.0. The Bertz CT molecular complexity index is 975. The molecule has 29 heavy (non-hydrogen) atoms. The van der Waals surface area contributed by atoms with Crippen molar-refractivity contribution in [1.82, 2.24) is 14.5 Å². The van der Waals surface area contributed by atoms with Crippen molar-refractivity contribution in [3.63, 3.8) is 0 Å². The van der Waals surface area contributed by atoms with Crippen LogP contribution in [0.3, 0.4) is 0 Å². The van der Waals surface area contributed by atoms with Crippen LogP contribution in [-0.2, 0) is 14.3 Å². The predicted octanol–water partition coefficient (Wildman–Crippen LogP) is -0.540. The van der Waals surface area contributed by atoms with Gasteiger partial charge in [-0.15, -0.1) is 6.42 Å². The summed E-state index contributed by atoms with van der Waals surface area (Å²) in [4.78, 5) is 20.5. The molecule has 1 aliphatic heterocycles. The van der Waals surface area contributed by atoms with Gasteiger partial charge < -0.3 is 31.2 Å². The second-order valence-electron chi connectivity index (χ2n) is 7.20. The summed E-state index contributed by atoms with van der Waals surface area (Å²) in [7, 11) is 0. The number of esters is 1. The number of imidazole rings is 1. The number of hydrogen-bond donors (Lipinski definition) is 4. The minimum absolute atomic E-state index is 0.148. The molecule has 10 nitrogen and oxygen atoms in total. The number of fused-ring (bicyclic) bond motifs is 1. The minimum atomic E-state index is -3.00. The number of pyridine rings is 1. The van der Waals surface area contributed by atoms with E-state index >= 15 is 4.39 Å². The Labute approximate surface area is 165 Å². The normalized spacial score (nSPS) is 30.4. The number of aliphatic hydroxyl groups excluding tert-OH is 1. The Morgan fingerprint density at radius 2 is 2.24 bits per heavy atom. The van der Waals surface area contributed by atoms with Gasteiger partial charge in [-0.25, -0.2) is 14.4 Å². The predicted molar refractivity (Wildman–Crippen MR) is 99.5 cm³/mol. The Hall–Kier alpha value is -2.78. The van der Waals surface area contributed by atoms with Crippen LogP contribution in [-0.4, -0.2) is 60.9 Å². The largest absolute Gasteiger partial charge is 0.451 e. The van der Waals surface area contributed by atoms with Crippen molar-refractivity contribution in [1.29, 1.82) is 0 Å². The number of terminal acetylenes is 1. The first-order chi connectivity index (χ1) is 13.6. The van der Waals surface area contributed by atoms with Crippen LogP contribution in [0.1, 0.15) is 20.1 Å². The first kappa shape index (κ1) is 20.9. The SMILES string of the molecule is C#C[C@]1(O)[C@H](n2cnc3c(N)ccnc32)O[C@](F)(CO)[C@H]1OC(=O)C(N)C(C)C. The average molecular weight is 407 g/mol. The van der Waals surface area contributed by atoms with Crippen LogP contribution < -0.4 is 11.5 Å². The van der Waals surface area contributed by atoms with Crippen molar-refractivity contribution in [2.75, 3.05) is 12.3 Å². The minimum Gasteiger partial charge on any atom is -0.451 e. The number of carbonyl (C=O) groups is 1. The van der Waals surface area contributed by atoms with Crippen LogP contribution in [0, 0.1) is 18.3 Å². The zero-order valence-electron chi connectivity index (χ0n) is 15.8. The number of anilines is 1. The van der Waals surface area contributed by atoms with E-state index in [0.29, 0.717) is 0 Å². The van der Waals surface area contributed by atoms with Gasteiger partial charge in [0.25, 0.3) is 5.85 Å². The van der Waals surface area contributed by atoms with E-state index in [4.69, 9.17) is 27.4 Å². The van der Waals surface area contributed by atoms with E-state index in [2.05, 4.69) is 9.97 Å². The number of aliphatic hydroxyl groups is 2. The van der Waals surface area contributed by atoms with Gasteiger partial charge in [-0.3, -0.25) is 9.36 Å². The van der Waals surface area contributed by atoms with Crippen molar-refractivity contribution in [2.24, 2.45) is 11.7 Å². The molecule has 5 atom stereocenters. The number of nitrogens with zero attached hydrogens (tertiary/aromatic N) is 3. The van der Waals surface area contributed by atoms with Crippen LogP contribution in [0.25, 0.3) is 11.2 Å². The molecular weight excluding hydrogens is 385 g/mol. The van der Waals surface area contributed by atoms with Crippen molar-refractivity contribution >= 4 is 22.8 Å². The fourth-order valence-electron chi connectivity index (χ4n) is 3.10. The highest BCUT2D eigenvalue weighted by Crippen LogP contribution is 2.47. The van der Waals surface area contributed by atoms with Gasteiger partial charge in [0.05, 0.1) is 12.0 Å². The van der Waals surface area contributed by atoms with Gasteiger partial charge in [0.2, 0.25) is 11.7 Å². The lowest BCUT2D eigenvalue weighted by atomic mass is 9.93. The number of nitrogen functional groups attached to an aromatic ring is 1.